The molecular weight excluding hydrogens is 466 g/mol. The van der Waals surface area contributed by atoms with Crippen LogP contribution in [0.15, 0.2) is 47.6 Å². The van der Waals surface area contributed by atoms with Gasteiger partial charge < -0.3 is 24.8 Å². The van der Waals surface area contributed by atoms with Gasteiger partial charge in [-0.3, -0.25) is 0 Å². The van der Waals surface area contributed by atoms with Gasteiger partial charge in [-0.15, -0.1) is 0 Å². The normalized spacial score (nSPS) is 29.3. The van der Waals surface area contributed by atoms with E-state index in [4.69, 9.17) is 0 Å². The van der Waals surface area contributed by atoms with E-state index in [0.717, 1.165) is 0 Å². The Labute approximate surface area is 154 Å². The fourth-order valence-electron chi connectivity index (χ4n) is 3.54. The van der Waals surface area contributed by atoms with Gasteiger partial charge in [0, 0.05) is 0 Å². The molecule has 0 aromatic carbocycles. The topological polar surface area (TPSA) is 0 Å². The second-order valence-corrected chi connectivity index (χ2v) is 12.9. The largest absolute Gasteiger partial charge is 1.00 e. The molecule has 2 aliphatic rings. The molecule has 3 heteroatoms. The predicted octanol–water partition coefficient (Wildman–Crippen LogP) is 0.0267. The number of hydrogen-bond donors (Lipinski definition) is 0. The summed E-state index contributed by atoms with van der Waals surface area (Å²) in [5, 5.41) is 0. The Morgan fingerprint density at radius 1 is 0.762 bits per heavy atom. The first-order chi connectivity index (χ1) is 9.16. The van der Waals surface area contributed by atoms with Crippen molar-refractivity contribution in [3.05, 3.63) is 47.6 Å². The van der Waals surface area contributed by atoms with Gasteiger partial charge in [0.15, 0.2) is 0 Å². The van der Waals surface area contributed by atoms with E-state index in [1.165, 1.54) is 25.7 Å². The van der Waals surface area contributed by atoms with Crippen molar-refractivity contribution in [3.8, 4) is 0 Å². The summed E-state index contributed by atoms with van der Waals surface area (Å²) in [5.74, 6) is 0. The molecule has 0 aliphatic heterocycles. The van der Waals surface area contributed by atoms with Crippen LogP contribution >= 0.6 is 0 Å². The SMILES string of the molecule is CCC1=CC=C[C]1(CC)[Hf+2][C]1(CC)C=CC=C1CC.[Cl-].[Cl-]. The Kier molecular flexibility index (Phi) is 9.06. The minimum atomic E-state index is -0.887. The van der Waals surface area contributed by atoms with Crippen molar-refractivity contribution in [2.24, 2.45) is 0 Å². The van der Waals surface area contributed by atoms with Gasteiger partial charge in [-0.2, -0.15) is 0 Å². The zero-order chi connectivity index (χ0) is 13.9. The number of hydrogen-bond acceptors (Lipinski definition) is 0. The molecule has 0 aromatic heterocycles. The van der Waals surface area contributed by atoms with Gasteiger partial charge in [-0.25, -0.2) is 0 Å². The monoisotopic (exact) mass is 492 g/mol. The summed E-state index contributed by atoms with van der Waals surface area (Å²) in [6, 6.07) is 0. The van der Waals surface area contributed by atoms with E-state index in [0.29, 0.717) is 6.34 Å². The van der Waals surface area contributed by atoms with Crippen molar-refractivity contribution in [3.63, 3.8) is 0 Å². The molecule has 0 spiro atoms. The summed E-state index contributed by atoms with van der Waals surface area (Å²) >= 11 is -0.887. The molecule has 0 saturated heterocycles. The first kappa shape index (κ1) is 21.4. The molecule has 0 nitrogen and oxygen atoms in total. The fraction of sp³-hybridized carbons (Fsp3) is 0.556. The second-order valence-electron chi connectivity index (χ2n) is 5.58. The Balaban J connectivity index is 0.00000200. The minimum Gasteiger partial charge on any atom is -1.00 e. The van der Waals surface area contributed by atoms with E-state index >= 15 is 0 Å². The fourth-order valence-corrected chi connectivity index (χ4v) is 12.0. The molecule has 2 atom stereocenters. The Morgan fingerprint density at radius 2 is 1.14 bits per heavy atom. The van der Waals surface area contributed by atoms with Crippen LogP contribution in [0.3, 0.4) is 0 Å². The summed E-state index contributed by atoms with van der Waals surface area (Å²) < 4.78 is 0.987. The number of rotatable bonds is 6. The van der Waals surface area contributed by atoms with Crippen LogP contribution in [0.4, 0.5) is 0 Å². The third kappa shape index (κ3) is 3.85. The van der Waals surface area contributed by atoms with Crippen LogP contribution in [0, 0.1) is 0 Å². The van der Waals surface area contributed by atoms with Crippen molar-refractivity contribution >= 4 is 0 Å². The summed E-state index contributed by atoms with van der Waals surface area (Å²) in [6.07, 6.45) is 19.6. The average molecular weight is 492 g/mol. The third-order valence-corrected chi connectivity index (χ3v) is 14.1. The molecule has 0 saturated carbocycles. The van der Waals surface area contributed by atoms with Gasteiger partial charge in [-0.05, 0) is 0 Å². The first-order valence-corrected chi connectivity index (χ1v) is 11.3. The van der Waals surface area contributed by atoms with Gasteiger partial charge in [0.05, 0.1) is 0 Å². The molecule has 116 valence electrons. The first-order valence-electron chi connectivity index (χ1n) is 7.73. The summed E-state index contributed by atoms with van der Waals surface area (Å²) in [5.41, 5.74) is 3.42. The van der Waals surface area contributed by atoms with Gasteiger partial charge in [0.2, 0.25) is 0 Å². The Hall–Kier alpha value is 0.410. The van der Waals surface area contributed by atoms with Crippen LogP contribution in [-0.4, -0.2) is 0 Å². The molecule has 0 bridgehead atoms. The molecule has 21 heavy (non-hydrogen) atoms. The molecule has 2 rings (SSSR count). The maximum Gasteiger partial charge on any atom is -1.00 e. The quantitative estimate of drug-likeness (QED) is 0.460. The van der Waals surface area contributed by atoms with E-state index in [1.807, 2.05) is 0 Å². The third-order valence-electron chi connectivity index (χ3n) is 4.83. The van der Waals surface area contributed by atoms with Crippen molar-refractivity contribution in [1.29, 1.82) is 0 Å². The molecule has 0 aromatic rings. The minimum absolute atomic E-state index is 0. The van der Waals surface area contributed by atoms with E-state index in [-0.39, 0.29) is 24.8 Å². The maximum absolute atomic E-state index is 2.55. The van der Waals surface area contributed by atoms with Crippen LogP contribution < -0.4 is 24.8 Å². The Morgan fingerprint density at radius 3 is 1.43 bits per heavy atom. The summed E-state index contributed by atoms with van der Waals surface area (Å²) in [4.78, 5) is 0. The zero-order valence-electron chi connectivity index (χ0n) is 13.5. The van der Waals surface area contributed by atoms with Crippen molar-refractivity contribution < 1.29 is 47.7 Å². The van der Waals surface area contributed by atoms with Crippen molar-refractivity contribution in [2.75, 3.05) is 0 Å². The van der Waals surface area contributed by atoms with Crippen molar-refractivity contribution in [1.82, 2.24) is 0 Å². The molecular formula is C18H26Cl2Hf. The maximum atomic E-state index is 2.55. The van der Waals surface area contributed by atoms with Crippen LogP contribution in [0.1, 0.15) is 53.4 Å². The standard InChI is InChI=1S/2C9H13.2ClH.Hf/c2*1-3-8-6-5-7-9(8)4-2;;;/h2*5-7H,3-4H2,1-2H3;2*1H;/q;;;;+2/p-2. The molecule has 0 radical (unpaired) electrons. The van der Waals surface area contributed by atoms with Crippen LogP contribution in [-0.2, 0) is 22.9 Å². The van der Waals surface area contributed by atoms with Gasteiger partial charge in [0.25, 0.3) is 0 Å². The van der Waals surface area contributed by atoms with E-state index < -0.39 is 22.9 Å². The second kappa shape index (κ2) is 8.89. The Bertz CT molecular complexity index is 420. The van der Waals surface area contributed by atoms with E-state index in [9.17, 15) is 0 Å². The van der Waals surface area contributed by atoms with Crippen LogP contribution in [0.2, 0.25) is 6.34 Å². The number of allylic oxidation sites excluding steroid dienone is 8. The van der Waals surface area contributed by atoms with Gasteiger partial charge in [-0.1, -0.05) is 0 Å². The molecule has 0 fully saturated rings. The molecule has 0 amide bonds. The summed E-state index contributed by atoms with van der Waals surface area (Å²) in [7, 11) is 0. The van der Waals surface area contributed by atoms with Crippen molar-refractivity contribution in [2.45, 2.75) is 59.7 Å². The van der Waals surface area contributed by atoms with Gasteiger partial charge in [0.1, 0.15) is 0 Å². The smallest absolute Gasteiger partial charge is 1.00 e. The van der Waals surface area contributed by atoms with E-state index in [1.54, 1.807) is 11.1 Å². The van der Waals surface area contributed by atoms with Gasteiger partial charge >= 0.3 is 130 Å². The van der Waals surface area contributed by atoms with Crippen LogP contribution in [0.5, 0.6) is 0 Å². The molecule has 0 N–H and O–H groups in total. The zero-order valence-corrected chi connectivity index (χ0v) is 18.7. The molecule has 0 heterocycles. The summed E-state index contributed by atoms with van der Waals surface area (Å²) in [6.45, 7) is 9.44. The average Bonchev–Trinajstić information content (AvgIpc) is 3.03. The molecule has 2 aliphatic carbocycles. The van der Waals surface area contributed by atoms with E-state index in [2.05, 4.69) is 64.2 Å². The molecule has 2 unspecified atom stereocenters. The number of halogens is 2. The van der Waals surface area contributed by atoms with Crippen LogP contribution in [0.25, 0.3) is 0 Å². The predicted molar refractivity (Wildman–Crippen MR) is 81.0 cm³/mol.